The van der Waals surface area contributed by atoms with Crippen LogP contribution in [0.3, 0.4) is 0 Å². The minimum absolute atomic E-state index is 0.0311. The molecule has 1 aromatic heterocycles. The first-order valence-corrected chi connectivity index (χ1v) is 8.53. The number of carbonyl (C=O) groups is 2. The Morgan fingerprint density at radius 1 is 1.04 bits per heavy atom. The van der Waals surface area contributed by atoms with E-state index in [9.17, 15) is 9.59 Å². The molecule has 0 spiro atoms. The third-order valence-electron chi connectivity index (χ3n) is 4.18. The number of nitrogens with one attached hydrogen (secondary N) is 2. The number of hydrogen-bond donors (Lipinski definition) is 2. The molecule has 2 N–H and O–H groups in total. The van der Waals surface area contributed by atoms with Gasteiger partial charge in [0, 0.05) is 32.6 Å². The van der Waals surface area contributed by atoms with Gasteiger partial charge in [-0.1, -0.05) is 12.1 Å². The molecule has 0 aliphatic rings. The van der Waals surface area contributed by atoms with Crippen LogP contribution in [0.1, 0.15) is 41.4 Å². The molecule has 0 aliphatic heterocycles. The molecular formula is C19H26N4O2. The van der Waals surface area contributed by atoms with Crippen molar-refractivity contribution in [1.82, 2.24) is 20.4 Å². The monoisotopic (exact) mass is 342 g/mol. The summed E-state index contributed by atoms with van der Waals surface area (Å²) in [5, 5.41) is 9.93. The van der Waals surface area contributed by atoms with E-state index in [1.165, 1.54) is 18.1 Å². The highest BCUT2D eigenvalue weighted by molar-refractivity contribution is 5.93. The van der Waals surface area contributed by atoms with E-state index in [4.69, 9.17) is 0 Å². The van der Waals surface area contributed by atoms with Crippen molar-refractivity contribution in [2.24, 2.45) is 7.05 Å². The molecule has 1 heterocycles. The van der Waals surface area contributed by atoms with Crippen LogP contribution in [-0.2, 0) is 11.8 Å². The Morgan fingerprint density at radius 3 is 2.36 bits per heavy atom. The fourth-order valence-corrected chi connectivity index (χ4v) is 2.56. The van der Waals surface area contributed by atoms with E-state index in [0.29, 0.717) is 18.8 Å². The number of benzene rings is 1. The van der Waals surface area contributed by atoms with Gasteiger partial charge in [0.25, 0.3) is 5.91 Å². The molecule has 2 aromatic rings. The molecule has 0 bridgehead atoms. The number of rotatable bonds is 7. The van der Waals surface area contributed by atoms with E-state index >= 15 is 0 Å². The summed E-state index contributed by atoms with van der Waals surface area (Å²) >= 11 is 0. The maximum Gasteiger partial charge on any atom is 0.271 e. The molecule has 6 nitrogen and oxygen atoms in total. The topological polar surface area (TPSA) is 76.0 Å². The lowest BCUT2D eigenvalue weighted by Crippen LogP contribution is -2.26. The molecule has 2 rings (SSSR count). The molecule has 134 valence electrons. The highest BCUT2D eigenvalue weighted by Crippen LogP contribution is 2.22. The molecular weight excluding hydrogens is 316 g/mol. The summed E-state index contributed by atoms with van der Waals surface area (Å²) < 4.78 is 1.73. The lowest BCUT2D eigenvalue weighted by atomic mass is 10.0. The second-order valence-electron chi connectivity index (χ2n) is 6.28. The fourth-order valence-electron chi connectivity index (χ4n) is 2.56. The number of hydrogen-bond acceptors (Lipinski definition) is 3. The third-order valence-corrected chi connectivity index (χ3v) is 4.18. The van der Waals surface area contributed by atoms with E-state index < -0.39 is 0 Å². The van der Waals surface area contributed by atoms with Crippen molar-refractivity contribution in [1.29, 1.82) is 0 Å². The van der Waals surface area contributed by atoms with Gasteiger partial charge < -0.3 is 10.6 Å². The molecule has 2 amide bonds. The van der Waals surface area contributed by atoms with Crippen LogP contribution < -0.4 is 10.6 Å². The van der Waals surface area contributed by atoms with Crippen LogP contribution in [0.25, 0.3) is 11.3 Å². The van der Waals surface area contributed by atoms with Gasteiger partial charge in [-0.2, -0.15) is 5.10 Å². The predicted octanol–water partition coefficient (Wildman–Crippen LogP) is 2.35. The quantitative estimate of drug-likeness (QED) is 0.759. The lowest BCUT2D eigenvalue weighted by Gasteiger charge is -2.05. The number of carbonyl (C=O) groups excluding carboxylic acids is 2. The first-order valence-electron chi connectivity index (χ1n) is 8.53. The maximum atomic E-state index is 12.2. The number of aryl methyl sites for hydroxylation is 3. The third kappa shape index (κ3) is 5.17. The second kappa shape index (κ2) is 8.46. The number of nitrogens with zero attached hydrogens (tertiary/aromatic N) is 2. The van der Waals surface area contributed by atoms with Crippen LogP contribution in [0.4, 0.5) is 0 Å². The predicted molar refractivity (Wildman–Crippen MR) is 98.4 cm³/mol. The Morgan fingerprint density at radius 2 is 1.72 bits per heavy atom. The van der Waals surface area contributed by atoms with Crippen LogP contribution in [0, 0.1) is 13.8 Å². The lowest BCUT2D eigenvalue weighted by molar-refractivity contribution is -0.118. The van der Waals surface area contributed by atoms with Crippen molar-refractivity contribution < 1.29 is 9.59 Å². The van der Waals surface area contributed by atoms with E-state index in [-0.39, 0.29) is 11.8 Å². The molecule has 0 saturated carbocycles. The Labute approximate surface area is 148 Å². The van der Waals surface area contributed by atoms with Crippen LogP contribution in [0.5, 0.6) is 0 Å². The van der Waals surface area contributed by atoms with Crippen LogP contribution in [0.2, 0.25) is 0 Å². The van der Waals surface area contributed by atoms with Crippen LogP contribution in [-0.4, -0.2) is 34.7 Å². The maximum absolute atomic E-state index is 12.2. The average Bonchev–Trinajstić information content (AvgIpc) is 2.95. The summed E-state index contributed by atoms with van der Waals surface area (Å²) in [5.74, 6) is -0.207. The van der Waals surface area contributed by atoms with Crippen LogP contribution in [0.15, 0.2) is 24.3 Å². The molecule has 0 radical (unpaired) electrons. The SMILES string of the molecule is CC(=O)NCCCCNC(=O)c1cc(-c2ccc(C)c(C)c2)n(C)n1. The summed E-state index contributed by atoms with van der Waals surface area (Å²) in [5.41, 5.74) is 4.83. The Hall–Kier alpha value is -2.63. The highest BCUT2D eigenvalue weighted by Gasteiger charge is 2.13. The zero-order chi connectivity index (χ0) is 18.4. The Kier molecular flexibility index (Phi) is 6.33. The van der Waals surface area contributed by atoms with Gasteiger partial charge in [0.1, 0.15) is 0 Å². The van der Waals surface area contributed by atoms with E-state index in [0.717, 1.165) is 24.1 Å². The standard InChI is InChI=1S/C19H26N4O2/c1-13-7-8-16(11-14(13)2)18-12-17(22-23(18)4)19(25)21-10-6-5-9-20-15(3)24/h7-8,11-12H,5-6,9-10H2,1-4H3,(H,20,24)(H,21,25). The van der Waals surface area contributed by atoms with Crippen molar-refractivity contribution in [3.05, 3.63) is 41.1 Å². The Balaban J connectivity index is 1.93. The minimum Gasteiger partial charge on any atom is -0.356 e. The average molecular weight is 342 g/mol. The second-order valence-corrected chi connectivity index (χ2v) is 6.28. The smallest absolute Gasteiger partial charge is 0.271 e. The first-order chi connectivity index (χ1) is 11.9. The van der Waals surface area contributed by atoms with Gasteiger partial charge in [0.15, 0.2) is 5.69 Å². The zero-order valence-corrected chi connectivity index (χ0v) is 15.3. The number of aromatic nitrogens is 2. The molecule has 0 fully saturated rings. The molecule has 0 saturated heterocycles. The molecule has 0 unspecified atom stereocenters. The van der Waals surface area contributed by atoms with Gasteiger partial charge in [-0.05, 0) is 49.9 Å². The van der Waals surface area contributed by atoms with Gasteiger partial charge in [-0.25, -0.2) is 0 Å². The van der Waals surface area contributed by atoms with E-state index in [1.54, 1.807) is 4.68 Å². The number of unbranched alkanes of at least 4 members (excludes halogenated alkanes) is 1. The molecule has 0 atom stereocenters. The fraction of sp³-hybridized carbons (Fsp3) is 0.421. The highest BCUT2D eigenvalue weighted by atomic mass is 16.2. The summed E-state index contributed by atoms with van der Waals surface area (Å²) in [6.45, 7) is 6.84. The molecule has 1 aromatic carbocycles. The largest absolute Gasteiger partial charge is 0.356 e. The molecule has 25 heavy (non-hydrogen) atoms. The van der Waals surface area contributed by atoms with E-state index in [2.05, 4.69) is 41.7 Å². The summed E-state index contributed by atoms with van der Waals surface area (Å²) in [4.78, 5) is 23.0. The van der Waals surface area contributed by atoms with Crippen molar-refractivity contribution >= 4 is 11.8 Å². The first kappa shape index (κ1) is 18.7. The summed E-state index contributed by atoms with van der Waals surface area (Å²) in [7, 11) is 1.84. The van der Waals surface area contributed by atoms with Gasteiger partial charge in [-0.15, -0.1) is 0 Å². The van der Waals surface area contributed by atoms with E-state index in [1.807, 2.05) is 19.2 Å². The van der Waals surface area contributed by atoms with Crippen molar-refractivity contribution in [3.8, 4) is 11.3 Å². The van der Waals surface area contributed by atoms with Crippen molar-refractivity contribution in [2.75, 3.05) is 13.1 Å². The van der Waals surface area contributed by atoms with Gasteiger partial charge in [0.2, 0.25) is 5.91 Å². The Bertz CT molecular complexity index is 765. The normalized spacial score (nSPS) is 10.6. The van der Waals surface area contributed by atoms with Gasteiger partial charge >= 0.3 is 0 Å². The van der Waals surface area contributed by atoms with Gasteiger partial charge in [-0.3, -0.25) is 14.3 Å². The van der Waals surface area contributed by atoms with Crippen molar-refractivity contribution in [2.45, 2.75) is 33.6 Å². The number of amides is 2. The van der Waals surface area contributed by atoms with Crippen molar-refractivity contribution in [3.63, 3.8) is 0 Å². The molecule has 6 heteroatoms. The van der Waals surface area contributed by atoms with Crippen LogP contribution >= 0.6 is 0 Å². The van der Waals surface area contributed by atoms with Gasteiger partial charge in [0.05, 0.1) is 5.69 Å². The zero-order valence-electron chi connectivity index (χ0n) is 15.3. The summed E-state index contributed by atoms with van der Waals surface area (Å²) in [6.07, 6.45) is 1.64. The minimum atomic E-state index is -0.176. The summed E-state index contributed by atoms with van der Waals surface area (Å²) in [6, 6.07) is 8.04. The molecule has 0 aliphatic carbocycles.